The van der Waals surface area contributed by atoms with Crippen LogP contribution in [0.15, 0.2) is 22.7 Å². The second-order valence-corrected chi connectivity index (χ2v) is 4.84. The lowest BCUT2D eigenvalue weighted by Gasteiger charge is -2.12. The van der Waals surface area contributed by atoms with Gasteiger partial charge in [0.2, 0.25) is 0 Å². The molecule has 4 nitrogen and oxygen atoms in total. The highest BCUT2D eigenvalue weighted by molar-refractivity contribution is 9.10. The van der Waals surface area contributed by atoms with E-state index in [1.165, 1.54) is 0 Å². The van der Waals surface area contributed by atoms with Gasteiger partial charge >= 0.3 is 5.97 Å². The van der Waals surface area contributed by atoms with E-state index in [1.807, 2.05) is 18.2 Å². The summed E-state index contributed by atoms with van der Waals surface area (Å²) < 4.78 is 6.63. The van der Waals surface area contributed by atoms with E-state index in [0.717, 1.165) is 22.2 Å². The first-order chi connectivity index (χ1) is 8.63. The van der Waals surface area contributed by atoms with Gasteiger partial charge in [-0.25, -0.2) is 0 Å². The zero-order valence-corrected chi connectivity index (χ0v) is 12.0. The summed E-state index contributed by atoms with van der Waals surface area (Å²) in [4.78, 5) is 10.4. The minimum atomic E-state index is -0.792. The Morgan fingerprint density at radius 3 is 2.94 bits per heavy atom. The maximum Gasteiger partial charge on any atom is 0.304 e. The maximum atomic E-state index is 10.4. The summed E-state index contributed by atoms with van der Waals surface area (Å²) in [5, 5.41) is 11.6. The first-order valence-electron chi connectivity index (χ1n) is 5.97. The lowest BCUT2D eigenvalue weighted by Crippen LogP contribution is -2.18. The molecule has 0 atom stereocenters. The number of carboxylic acids is 1. The average molecular weight is 316 g/mol. The fourth-order valence-corrected chi connectivity index (χ4v) is 1.87. The van der Waals surface area contributed by atoms with Crippen LogP contribution in [0, 0.1) is 0 Å². The molecule has 0 unspecified atom stereocenters. The summed E-state index contributed by atoms with van der Waals surface area (Å²) in [6.45, 7) is 3.80. The van der Waals surface area contributed by atoms with Crippen molar-refractivity contribution in [2.24, 2.45) is 0 Å². The molecule has 1 aromatic rings. The number of halogens is 1. The first kappa shape index (κ1) is 15.0. The monoisotopic (exact) mass is 315 g/mol. The fourth-order valence-electron chi connectivity index (χ4n) is 1.46. The van der Waals surface area contributed by atoms with E-state index in [0.29, 0.717) is 19.7 Å². The molecule has 0 amide bonds. The molecule has 0 fully saturated rings. The van der Waals surface area contributed by atoms with E-state index in [4.69, 9.17) is 9.84 Å². The molecule has 0 aliphatic carbocycles. The van der Waals surface area contributed by atoms with E-state index in [1.54, 1.807) is 0 Å². The predicted octanol–water partition coefficient (Wildman–Crippen LogP) is 2.80. The molecule has 0 aliphatic heterocycles. The highest BCUT2D eigenvalue weighted by Crippen LogP contribution is 2.23. The molecule has 0 radical (unpaired) electrons. The Morgan fingerprint density at radius 2 is 2.28 bits per heavy atom. The third kappa shape index (κ3) is 5.51. The van der Waals surface area contributed by atoms with Crippen LogP contribution in [0.25, 0.3) is 0 Å². The number of carbonyl (C=O) groups is 1. The van der Waals surface area contributed by atoms with Gasteiger partial charge in [0.25, 0.3) is 0 Å². The van der Waals surface area contributed by atoms with Gasteiger partial charge in [-0.15, -0.1) is 0 Å². The van der Waals surface area contributed by atoms with Crippen molar-refractivity contribution in [3.8, 4) is 5.75 Å². The van der Waals surface area contributed by atoms with Gasteiger partial charge in [0.1, 0.15) is 5.75 Å². The van der Waals surface area contributed by atoms with E-state index in [2.05, 4.69) is 28.2 Å². The number of carboxylic acid groups (broad SMARTS) is 1. The standard InChI is InChI=1S/C13H18BrNO3/c1-2-7-18-12-4-3-11(14)8-10(12)9-15-6-5-13(16)17/h3-4,8,15H,2,5-7,9H2,1H3,(H,16,17). The van der Waals surface area contributed by atoms with Crippen LogP contribution < -0.4 is 10.1 Å². The fraction of sp³-hybridized carbons (Fsp3) is 0.462. The van der Waals surface area contributed by atoms with Gasteiger partial charge in [-0.3, -0.25) is 4.79 Å². The molecular weight excluding hydrogens is 298 g/mol. The van der Waals surface area contributed by atoms with E-state index in [9.17, 15) is 4.79 Å². The number of benzene rings is 1. The largest absolute Gasteiger partial charge is 0.493 e. The van der Waals surface area contributed by atoms with Gasteiger partial charge in [0, 0.05) is 23.1 Å². The summed E-state index contributed by atoms with van der Waals surface area (Å²) in [5.74, 6) is 0.0575. The second kappa shape index (κ2) is 8.11. The highest BCUT2D eigenvalue weighted by atomic mass is 79.9. The third-order valence-corrected chi connectivity index (χ3v) is 2.81. The molecule has 0 bridgehead atoms. The van der Waals surface area contributed by atoms with Gasteiger partial charge in [0.05, 0.1) is 13.0 Å². The Hall–Kier alpha value is -1.07. The Labute approximate surface area is 115 Å². The molecule has 0 saturated carbocycles. The van der Waals surface area contributed by atoms with Gasteiger partial charge in [-0.05, 0) is 24.6 Å². The van der Waals surface area contributed by atoms with E-state index >= 15 is 0 Å². The van der Waals surface area contributed by atoms with Crippen molar-refractivity contribution >= 4 is 21.9 Å². The predicted molar refractivity (Wildman–Crippen MR) is 73.9 cm³/mol. The van der Waals surface area contributed by atoms with Crippen LogP contribution in [0.4, 0.5) is 0 Å². The zero-order chi connectivity index (χ0) is 13.4. The topological polar surface area (TPSA) is 58.6 Å². The second-order valence-electron chi connectivity index (χ2n) is 3.92. The lowest BCUT2D eigenvalue weighted by molar-refractivity contribution is -0.136. The summed E-state index contributed by atoms with van der Waals surface area (Å²) in [5.41, 5.74) is 1.03. The molecule has 100 valence electrons. The molecule has 0 aromatic heterocycles. The van der Waals surface area contributed by atoms with Crippen LogP contribution in [0.1, 0.15) is 25.3 Å². The van der Waals surface area contributed by atoms with Crippen LogP contribution in [-0.4, -0.2) is 24.2 Å². The molecule has 0 spiro atoms. The Balaban J connectivity index is 2.55. The quantitative estimate of drug-likeness (QED) is 0.724. The Kier molecular flexibility index (Phi) is 6.75. The van der Waals surface area contributed by atoms with Gasteiger partial charge in [0.15, 0.2) is 0 Å². The highest BCUT2D eigenvalue weighted by Gasteiger charge is 2.05. The smallest absolute Gasteiger partial charge is 0.304 e. The number of hydrogen-bond acceptors (Lipinski definition) is 3. The van der Waals surface area contributed by atoms with Crippen molar-refractivity contribution in [3.05, 3.63) is 28.2 Å². The van der Waals surface area contributed by atoms with Crippen molar-refractivity contribution < 1.29 is 14.6 Å². The Bertz CT molecular complexity index is 396. The molecule has 1 aromatic carbocycles. The molecule has 2 N–H and O–H groups in total. The molecule has 5 heteroatoms. The van der Waals surface area contributed by atoms with Gasteiger partial charge < -0.3 is 15.2 Å². The third-order valence-electron chi connectivity index (χ3n) is 2.32. The SMILES string of the molecule is CCCOc1ccc(Br)cc1CNCCC(=O)O. The lowest BCUT2D eigenvalue weighted by atomic mass is 10.2. The van der Waals surface area contributed by atoms with E-state index in [-0.39, 0.29) is 6.42 Å². The minimum Gasteiger partial charge on any atom is -0.493 e. The molecule has 1 rings (SSSR count). The molecule has 0 saturated heterocycles. The molecular formula is C13H18BrNO3. The van der Waals surface area contributed by atoms with Gasteiger partial charge in [-0.1, -0.05) is 22.9 Å². The summed E-state index contributed by atoms with van der Waals surface area (Å²) in [6.07, 6.45) is 1.08. The zero-order valence-electron chi connectivity index (χ0n) is 10.4. The van der Waals surface area contributed by atoms with Crippen LogP contribution in [0.3, 0.4) is 0 Å². The summed E-state index contributed by atoms with van der Waals surface area (Å²) >= 11 is 3.42. The van der Waals surface area contributed by atoms with Crippen molar-refractivity contribution in [3.63, 3.8) is 0 Å². The minimum absolute atomic E-state index is 0.124. The van der Waals surface area contributed by atoms with E-state index < -0.39 is 5.97 Å². The number of nitrogens with one attached hydrogen (secondary N) is 1. The van der Waals surface area contributed by atoms with Crippen molar-refractivity contribution in [2.75, 3.05) is 13.2 Å². The summed E-state index contributed by atoms with van der Waals surface area (Å²) in [6, 6.07) is 5.85. The number of rotatable bonds is 8. The Morgan fingerprint density at radius 1 is 1.50 bits per heavy atom. The maximum absolute atomic E-state index is 10.4. The number of aliphatic carboxylic acids is 1. The van der Waals surface area contributed by atoms with Crippen LogP contribution in [0.5, 0.6) is 5.75 Å². The first-order valence-corrected chi connectivity index (χ1v) is 6.76. The van der Waals surface area contributed by atoms with Crippen LogP contribution in [0.2, 0.25) is 0 Å². The molecule has 0 aliphatic rings. The summed E-state index contributed by atoms with van der Waals surface area (Å²) in [7, 11) is 0. The van der Waals surface area contributed by atoms with Crippen molar-refractivity contribution in [1.29, 1.82) is 0 Å². The van der Waals surface area contributed by atoms with Crippen LogP contribution in [-0.2, 0) is 11.3 Å². The van der Waals surface area contributed by atoms with Gasteiger partial charge in [-0.2, -0.15) is 0 Å². The molecule has 18 heavy (non-hydrogen) atoms. The van der Waals surface area contributed by atoms with Crippen molar-refractivity contribution in [1.82, 2.24) is 5.32 Å². The van der Waals surface area contributed by atoms with Crippen LogP contribution >= 0.6 is 15.9 Å². The molecule has 0 heterocycles. The average Bonchev–Trinajstić information content (AvgIpc) is 2.33. The number of hydrogen-bond donors (Lipinski definition) is 2. The normalized spacial score (nSPS) is 10.3. The number of ether oxygens (including phenoxy) is 1. The van der Waals surface area contributed by atoms with Crippen molar-refractivity contribution in [2.45, 2.75) is 26.3 Å².